The van der Waals surface area contributed by atoms with Crippen molar-refractivity contribution in [3.05, 3.63) is 0 Å². The lowest BCUT2D eigenvalue weighted by Crippen LogP contribution is -2.63. The highest BCUT2D eigenvalue weighted by molar-refractivity contribution is 5.76. The Bertz CT molecular complexity index is 1140. The lowest BCUT2D eigenvalue weighted by Gasteiger charge is -2.45. The third-order valence-electron chi connectivity index (χ3n) is 9.30. The van der Waals surface area contributed by atoms with Gasteiger partial charge in [-0.1, -0.05) is 18.8 Å². The highest BCUT2D eigenvalue weighted by atomic mass is 16.7. The summed E-state index contributed by atoms with van der Waals surface area (Å²) in [6.07, 6.45) is -13.4. The average Bonchev–Trinajstić information content (AvgIpc) is 3.15. The molecule has 0 aliphatic carbocycles. The number of hydrogen-bond donors (Lipinski definition) is 10. The summed E-state index contributed by atoms with van der Waals surface area (Å²) in [5, 5.41) is 95.4. The number of ether oxygens (including phenoxy) is 8. The minimum atomic E-state index is -1.74. The van der Waals surface area contributed by atoms with Crippen molar-refractivity contribution in [3.63, 3.8) is 0 Å². The summed E-state index contributed by atoms with van der Waals surface area (Å²) in [5.74, 6) is 1.20. The largest absolute Gasteiger partial charge is 0.481 e. The van der Waals surface area contributed by atoms with E-state index in [0.29, 0.717) is 38.5 Å². The number of aliphatic hydroxyl groups is 8. The number of nitrogens with one attached hydrogen (secondary N) is 1. The van der Waals surface area contributed by atoms with Crippen LogP contribution < -0.4 is 5.32 Å². The first-order chi connectivity index (χ1) is 25.8. The zero-order valence-electron chi connectivity index (χ0n) is 30.2. The van der Waals surface area contributed by atoms with Crippen molar-refractivity contribution in [2.45, 2.75) is 143 Å². The minimum Gasteiger partial charge on any atom is -0.481 e. The molecule has 0 spiro atoms. The topological polar surface area (TPSA) is 302 Å². The number of amides is 1. The van der Waals surface area contributed by atoms with Crippen molar-refractivity contribution < 1.29 is 93.4 Å². The molecule has 3 heterocycles. The SMILES string of the molecule is C#CCNC(=O)CCCCCO[C@H]1[C@@H](O)[C@@H](O)[C@@H](OC)O[C@@H]1CO[C@H]1O[C@H](CO[C@H]2O[C@H](CO)[C@@H](O)[C@@H](O)[C@H]2O)[C@@H](OCCCCCC(=O)O)[C@@H](O)[C@H]1O. The molecule has 0 radical (unpaired) electrons. The van der Waals surface area contributed by atoms with Gasteiger partial charge in [-0.2, -0.15) is 0 Å². The Morgan fingerprint density at radius 3 is 1.61 bits per heavy atom. The zero-order valence-corrected chi connectivity index (χ0v) is 30.2. The Hall–Kier alpha value is -2.14. The number of carbonyl (C=O) groups is 2. The van der Waals surface area contributed by atoms with Crippen molar-refractivity contribution in [2.24, 2.45) is 0 Å². The summed E-state index contributed by atoms with van der Waals surface area (Å²) in [4.78, 5) is 22.6. The monoisotopic (exact) mass is 783 g/mol. The molecule has 0 aromatic carbocycles. The van der Waals surface area contributed by atoms with Gasteiger partial charge in [0.1, 0.15) is 73.2 Å². The summed E-state index contributed by atoms with van der Waals surface area (Å²) >= 11 is 0. The molecule has 54 heavy (non-hydrogen) atoms. The minimum absolute atomic E-state index is 0.0333. The van der Waals surface area contributed by atoms with Crippen LogP contribution in [0.5, 0.6) is 0 Å². The molecule has 0 unspecified atom stereocenters. The molecule has 0 aromatic heterocycles. The summed E-state index contributed by atoms with van der Waals surface area (Å²) in [6.45, 7) is -1.30. The fraction of sp³-hybridized carbons (Fsp3) is 0.882. The molecule has 0 bridgehead atoms. The van der Waals surface area contributed by atoms with E-state index in [0.717, 1.165) is 0 Å². The van der Waals surface area contributed by atoms with E-state index in [1.807, 2.05) is 0 Å². The zero-order chi connectivity index (χ0) is 39.8. The number of carboxylic acid groups (broad SMARTS) is 1. The van der Waals surface area contributed by atoms with E-state index in [1.54, 1.807) is 0 Å². The van der Waals surface area contributed by atoms with Gasteiger partial charge in [0.2, 0.25) is 5.91 Å². The molecule has 3 saturated heterocycles. The first-order valence-corrected chi connectivity index (χ1v) is 18.1. The molecule has 3 fully saturated rings. The van der Waals surface area contributed by atoms with Gasteiger partial charge in [-0.05, 0) is 25.7 Å². The number of methoxy groups -OCH3 is 1. The van der Waals surface area contributed by atoms with Crippen LogP contribution in [0, 0.1) is 12.3 Å². The predicted octanol–water partition coefficient (Wildman–Crippen LogP) is -3.92. The molecule has 0 aromatic rings. The van der Waals surface area contributed by atoms with E-state index in [1.165, 1.54) is 7.11 Å². The van der Waals surface area contributed by atoms with Crippen LogP contribution in [0.25, 0.3) is 0 Å². The number of carboxylic acids is 1. The second-order valence-electron chi connectivity index (χ2n) is 13.3. The summed E-state index contributed by atoms with van der Waals surface area (Å²) in [7, 11) is 1.26. The fourth-order valence-electron chi connectivity index (χ4n) is 6.20. The summed E-state index contributed by atoms with van der Waals surface area (Å²) < 4.78 is 45.6. The maximum absolute atomic E-state index is 11.8. The normalized spacial score (nSPS) is 37.1. The second-order valence-corrected chi connectivity index (χ2v) is 13.3. The smallest absolute Gasteiger partial charge is 0.303 e. The molecule has 15 atom stereocenters. The van der Waals surface area contributed by atoms with Gasteiger partial charge >= 0.3 is 5.97 Å². The Morgan fingerprint density at radius 1 is 0.630 bits per heavy atom. The molecule has 3 aliphatic rings. The lowest BCUT2D eigenvalue weighted by molar-refractivity contribution is -0.345. The van der Waals surface area contributed by atoms with Crippen LogP contribution in [-0.4, -0.2) is 197 Å². The van der Waals surface area contributed by atoms with Crippen LogP contribution in [0.15, 0.2) is 0 Å². The van der Waals surface area contributed by atoms with Crippen LogP contribution in [-0.2, 0) is 47.5 Å². The molecule has 312 valence electrons. The number of aliphatic hydroxyl groups excluding tert-OH is 8. The van der Waals surface area contributed by atoms with Gasteiger partial charge in [-0.25, -0.2) is 0 Å². The highest BCUT2D eigenvalue weighted by Gasteiger charge is 2.50. The van der Waals surface area contributed by atoms with E-state index in [2.05, 4.69) is 11.2 Å². The molecule has 1 amide bonds. The number of unbranched alkanes of at least 4 members (excludes halogenated alkanes) is 4. The standard InChI is InChI=1S/C34H57NO19/c1-3-12-35-21(37)10-6-4-8-13-48-30-19(53-32(47-2)28(45)25(30)42)16-51-34-29(46)26(43)31(49-14-9-5-7-11-22(38)39)20(54-34)17-50-33-27(44)24(41)23(40)18(15-36)52-33/h1,18-20,23-34,36,40-46H,4-17H2,2H3,(H,35,37)(H,38,39)/t18-,19-,20-,23-,24-,25+,26+,27-,28-,29-,30-,31-,32+,33+,34+/m1/s1. The van der Waals surface area contributed by atoms with Gasteiger partial charge in [-0.3, -0.25) is 9.59 Å². The Kier molecular flexibility index (Phi) is 20.4. The van der Waals surface area contributed by atoms with Crippen LogP contribution in [0.2, 0.25) is 0 Å². The van der Waals surface area contributed by atoms with Crippen molar-refractivity contribution in [1.29, 1.82) is 0 Å². The maximum Gasteiger partial charge on any atom is 0.303 e. The van der Waals surface area contributed by atoms with Crippen LogP contribution in [0.4, 0.5) is 0 Å². The van der Waals surface area contributed by atoms with E-state index in [9.17, 15) is 50.4 Å². The van der Waals surface area contributed by atoms with Gasteiger partial charge in [0.05, 0.1) is 26.4 Å². The second kappa shape index (κ2) is 23.8. The van der Waals surface area contributed by atoms with E-state index in [4.69, 9.17) is 49.4 Å². The van der Waals surface area contributed by atoms with E-state index in [-0.39, 0.29) is 38.5 Å². The highest BCUT2D eigenvalue weighted by Crippen LogP contribution is 2.30. The predicted molar refractivity (Wildman–Crippen MR) is 180 cm³/mol. The first-order valence-electron chi connectivity index (χ1n) is 18.1. The molecule has 3 rings (SSSR count). The van der Waals surface area contributed by atoms with Gasteiger partial charge in [0, 0.05) is 33.2 Å². The Balaban J connectivity index is 1.66. The summed E-state index contributed by atoms with van der Waals surface area (Å²) in [6, 6.07) is 0. The lowest BCUT2D eigenvalue weighted by atomic mass is 9.97. The molecular formula is C34H57NO19. The average molecular weight is 784 g/mol. The van der Waals surface area contributed by atoms with Crippen LogP contribution >= 0.6 is 0 Å². The Morgan fingerprint density at radius 2 is 1.11 bits per heavy atom. The fourth-order valence-corrected chi connectivity index (χ4v) is 6.20. The van der Waals surface area contributed by atoms with Crippen molar-refractivity contribution >= 4 is 11.9 Å². The van der Waals surface area contributed by atoms with E-state index >= 15 is 0 Å². The molecule has 0 saturated carbocycles. The van der Waals surface area contributed by atoms with E-state index < -0.39 is 118 Å². The first kappa shape index (κ1) is 46.2. The molecule has 20 heteroatoms. The summed E-state index contributed by atoms with van der Waals surface area (Å²) in [5.41, 5.74) is 0. The number of hydrogen-bond acceptors (Lipinski definition) is 18. The number of rotatable bonds is 23. The molecular weight excluding hydrogens is 726 g/mol. The third-order valence-corrected chi connectivity index (χ3v) is 9.30. The quantitative estimate of drug-likeness (QED) is 0.0350. The maximum atomic E-state index is 11.8. The van der Waals surface area contributed by atoms with Crippen LogP contribution in [0.3, 0.4) is 0 Å². The number of aliphatic carboxylic acids is 1. The molecule has 3 aliphatic heterocycles. The third kappa shape index (κ3) is 13.5. The number of carbonyl (C=O) groups excluding carboxylic acids is 1. The number of terminal acetylenes is 1. The molecule has 20 nitrogen and oxygen atoms in total. The van der Waals surface area contributed by atoms with Crippen molar-refractivity contribution in [3.8, 4) is 12.3 Å². The van der Waals surface area contributed by atoms with Crippen LogP contribution in [0.1, 0.15) is 51.4 Å². The van der Waals surface area contributed by atoms with Gasteiger partial charge in [0.15, 0.2) is 18.9 Å². The Labute approximate surface area is 313 Å². The van der Waals surface area contributed by atoms with Crippen molar-refractivity contribution in [1.82, 2.24) is 5.32 Å². The van der Waals surface area contributed by atoms with Gasteiger partial charge < -0.3 is 89.2 Å². The van der Waals surface area contributed by atoms with Crippen molar-refractivity contribution in [2.75, 3.05) is 46.7 Å². The van der Waals surface area contributed by atoms with Gasteiger partial charge in [-0.15, -0.1) is 6.42 Å². The molecule has 10 N–H and O–H groups in total. The van der Waals surface area contributed by atoms with Gasteiger partial charge in [0.25, 0.3) is 0 Å².